The normalized spacial score (nSPS) is 15.7. The standard InChI is InChI=1S/C19H21N3O3/c1-12(2)10-22-11-13(14-7-5-6-8-16(14)22)9-15-17(23)20(3)19(25)21(4)18(15)24/h5-9,11-12H,10H2,1-4H3. The molecule has 130 valence electrons. The minimum absolute atomic E-state index is 0.00273. The Labute approximate surface area is 146 Å². The Kier molecular flexibility index (Phi) is 4.20. The Morgan fingerprint density at radius 3 is 2.20 bits per heavy atom. The molecule has 0 unspecified atom stereocenters. The van der Waals surface area contributed by atoms with Gasteiger partial charge in [-0.3, -0.25) is 19.4 Å². The van der Waals surface area contributed by atoms with E-state index in [1.54, 1.807) is 6.08 Å². The number of hydrogen-bond donors (Lipinski definition) is 0. The summed E-state index contributed by atoms with van der Waals surface area (Å²) < 4.78 is 2.13. The third-order valence-corrected chi connectivity index (χ3v) is 4.33. The molecule has 2 heterocycles. The van der Waals surface area contributed by atoms with Gasteiger partial charge < -0.3 is 4.57 Å². The van der Waals surface area contributed by atoms with Crippen LogP contribution in [0.1, 0.15) is 19.4 Å². The summed E-state index contributed by atoms with van der Waals surface area (Å²) in [6.45, 7) is 5.11. The second kappa shape index (κ2) is 6.20. The van der Waals surface area contributed by atoms with Crippen LogP contribution in [-0.4, -0.2) is 46.3 Å². The zero-order valence-corrected chi connectivity index (χ0v) is 14.8. The lowest BCUT2D eigenvalue weighted by Gasteiger charge is -2.28. The van der Waals surface area contributed by atoms with Crippen LogP contribution in [0.25, 0.3) is 17.0 Å². The van der Waals surface area contributed by atoms with E-state index in [-0.39, 0.29) is 5.57 Å². The summed E-state index contributed by atoms with van der Waals surface area (Å²) in [5.74, 6) is -0.688. The number of benzene rings is 1. The summed E-state index contributed by atoms with van der Waals surface area (Å²) in [6.07, 6.45) is 3.54. The molecule has 2 aromatic rings. The number of carbonyl (C=O) groups excluding carboxylic acids is 3. The Morgan fingerprint density at radius 1 is 1.00 bits per heavy atom. The molecular weight excluding hydrogens is 318 g/mol. The number of carbonyl (C=O) groups is 3. The number of fused-ring (bicyclic) bond motifs is 1. The van der Waals surface area contributed by atoms with Crippen LogP contribution in [0.2, 0.25) is 0 Å². The highest BCUT2D eigenvalue weighted by Gasteiger charge is 2.37. The first-order valence-corrected chi connectivity index (χ1v) is 8.21. The van der Waals surface area contributed by atoms with Crippen molar-refractivity contribution in [2.24, 2.45) is 5.92 Å². The van der Waals surface area contributed by atoms with E-state index < -0.39 is 17.8 Å². The van der Waals surface area contributed by atoms with Gasteiger partial charge in [0.25, 0.3) is 11.8 Å². The van der Waals surface area contributed by atoms with Crippen LogP contribution in [0.4, 0.5) is 4.79 Å². The van der Waals surface area contributed by atoms with Gasteiger partial charge in [-0.15, -0.1) is 0 Å². The van der Waals surface area contributed by atoms with Crippen LogP contribution in [0.3, 0.4) is 0 Å². The van der Waals surface area contributed by atoms with Crippen LogP contribution in [-0.2, 0) is 16.1 Å². The maximum Gasteiger partial charge on any atom is 0.333 e. The Morgan fingerprint density at radius 2 is 1.60 bits per heavy atom. The lowest BCUT2D eigenvalue weighted by Crippen LogP contribution is -2.52. The monoisotopic (exact) mass is 339 g/mol. The lowest BCUT2D eigenvalue weighted by molar-refractivity contribution is -0.134. The number of hydrogen-bond acceptors (Lipinski definition) is 3. The quantitative estimate of drug-likeness (QED) is 0.638. The molecule has 0 atom stereocenters. The van der Waals surface area contributed by atoms with Crippen molar-refractivity contribution in [3.8, 4) is 0 Å². The van der Waals surface area contributed by atoms with Crippen LogP contribution in [0, 0.1) is 5.92 Å². The van der Waals surface area contributed by atoms with Gasteiger partial charge in [-0.05, 0) is 18.1 Å². The van der Waals surface area contributed by atoms with Crippen molar-refractivity contribution >= 4 is 34.8 Å². The molecule has 25 heavy (non-hydrogen) atoms. The van der Waals surface area contributed by atoms with E-state index in [0.717, 1.165) is 32.8 Å². The van der Waals surface area contributed by atoms with Gasteiger partial charge in [0.1, 0.15) is 5.57 Å². The van der Waals surface area contributed by atoms with Crippen molar-refractivity contribution in [3.05, 3.63) is 41.6 Å². The fourth-order valence-corrected chi connectivity index (χ4v) is 3.07. The number of barbiturate groups is 1. The topological polar surface area (TPSA) is 62.6 Å². The number of nitrogens with zero attached hydrogens (tertiary/aromatic N) is 3. The third-order valence-electron chi connectivity index (χ3n) is 4.33. The summed E-state index contributed by atoms with van der Waals surface area (Å²) in [5.41, 5.74) is 1.85. The SMILES string of the molecule is CC(C)Cn1cc(C=C2C(=O)N(C)C(=O)N(C)C2=O)c2ccccc21. The molecule has 0 bridgehead atoms. The van der Waals surface area contributed by atoms with Gasteiger partial charge in [-0.2, -0.15) is 0 Å². The molecule has 4 amide bonds. The Bertz CT molecular complexity index is 882. The van der Waals surface area contributed by atoms with Gasteiger partial charge >= 0.3 is 6.03 Å². The number of imide groups is 2. The van der Waals surface area contributed by atoms with Crippen molar-refractivity contribution in [2.75, 3.05) is 14.1 Å². The molecule has 0 spiro atoms. The van der Waals surface area contributed by atoms with Crippen molar-refractivity contribution in [1.29, 1.82) is 0 Å². The largest absolute Gasteiger partial charge is 0.347 e. The first kappa shape index (κ1) is 17.0. The van der Waals surface area contributed by atoms with E-state index in [0.29, 0.717) is 5.92 Å². The van der Waals surface area contributed by atoms with Crippen LogP contribution >= 0.6 is 0 Å². The first-order chi connectivity index (χ1) is 11.8. The molecule has 1 saturated heterocycles. The molecule has 1 aliphatic heterocycles. The second-order valence-electron chi connectivity index (χ2n) is 6.72. The maximum absolute atomic E-state index is 12.4. The molecule has 6 nitrogen and oxygen atoms in total. The van der Waals surface area contributed by atoms with Crippen molar-refractivity contribution in [3.63, 3.8) is 0 Å². The smallest absolute Gasteiger partial charge is 0.333 e. The summed E-state index contributed by atoms with van der Waals surface area (Å²) in [6, 6.07) is 7.26. The van der Waals surface area contributed by atoms with Crippen molar-refractivity contribution in [1.82, 2.24) is 14.4 Å². The number of amides is 4. The van der Waals surface area contributed by atoms with E-state index >= 15 is 0 Å². The lowest BCUT2D eigenvalue weighted by atomic mass is 10.1. The summed E-state index contributed by atoms with van der Waals surface area (Å²) >= 11 is 0. The van der Waals surface area contributed by atoms with Crippen LogP contribution in [0.15, 0.2) is 36.0 Å². The third kappa shape index (κ3) is 2.84. The molecule has 0 radical (unpaired) electrons. The number of aromatic nitrogens is 1. The van der Waals surface area contributed by atoms with Gasteiger partial charge in [0.15, 0.2) is 0 Å². The number of likely N-dealkylation sites (N-methyl/N-ethyl adjacent to an activating group) is 2. The van der Waals surface area contributed by atoms with Gasteiger partial charge in [-0.1, -0.05) is 32.0 Å². The van der Waals surface area contributed by atoms with Gasteiger partial charge in [-0.25, -0.2) is 4.79 Å². The van der Waals surface area contributed by atoms with E-state index in [4.69, 9.17) is 0 Å². The molecule has 0 saturated carbocycles. The molecule has 1 aromatic heterocycles. The first-order valence-electron chi connectivity index (χ1n) is 8.21. The predicted molar refractivity (Wildman–Crippen MR) is 95.7 cm³/mol. The highest BCUT2D eigenvalue weighted by molar-refractivity contribution is 6.31. The molecule has 1 aliphatic rings. The molecule has 1 aromatic carbocycles. The average molecular weight is 339 g/mol. The van der Waals surface area contributed by atoms with Gasteiger partial charge in [0.2, 0.25) is 0 Å². The molecule has 0 aliphatic carbocycles. The average Bonchev–Trinajstić information content (AvgIpc) is 2.92. The van der Waals surface area contributed by atoms with Crippen molar-refractivity contribution < 1.29 is 14.4 Å². The number of urea groups is 1. The van der Waals surface area contributed by atoms with E-state index in [9.17, 15) is 14.4 Å². The fraction of sp³-hybridized carbons (Fsp3) is 0.316. The molecule has 0 N–H and O–H groups in total. The molecule has 6 heteroatoms. The minimum atomic E-state index is -0.616. The zero-order valence-electron chi connectivity index (χ0n) is 14.8. The van der Waals surface area contributed by atoms with Gasteiger partial charge in [0.05, 0.1) is 0 Å². The van der Waals surface area contributed by atoms with Crippen LogP contribution in [0.5, 0.6) is 0 Å². The van der Waals surface area contributed by atoms with E-state index in [1.807, 2.05) is 30.5 Å². The highest BCUT2D eigenvalue weighted by Crippen LogP contribution is 2.26. The maximum atomic E-state index is 12.4. The highest BCUT2D eigenvalue weighted by atomic mass is 16.2. The summed E-state index contributed by atoms with van der Waals surface area (Å²) in [4.78, 5) is 38.6. The fourth-order valence-electron chi connectivity index (χ4n) is 3.07. The zero-order chi connectivity index (χ0) is 18.3. The Hall–Kier alpha value is -2.89. The molecular formula is C19H21N3O3. The van der Waals surface area contributed by atoms with Gasteiger partial charge in [0, 0.05) is 43.3 Å². The predicted octanol–water partition coefficient (Wildman–Crippen LogP) is 2.73. The minimum Gasteiger partial charge on any atom is -0.347 e. The second-order valence-corrected chi connectivity index (χ2v) is 6.72. The van der Waals surface area contributed by atoms with Crippen LogP contribution < -0.4 is 0 Å². The van der Waals surface area contributed by atoms with E-state index in [1.165, 1.54) is 14.1 Å². The molecule has 1 fully saturated rings. The van der Waals surface area contributed by atoms with Crippen molar-refractivity contribution in [2.45, 2.75) is 20.4 Å². The van der Waals surface area contributed by atoms with E-state index in [2.05, 4.69) is 18.4 Å². The number of rotatable bonds is 3. The summed E-state index contributed by atoms with van der Waals surface area (Å²) in [5, 5.41) is 0.971. The molecule has 3 rings (SSSR count). The Balaban J connectivity index is 2.13. The number of para-hydroxylation sites is 1. The summed E-state index contributed by atoms with van der Waals surface area (Å²) in [7, 11) is 2.76.